The third kappa shape index (κ3) is 4.47. The minimum atomic E-state index is -0.425. The number of carbonyl (C=O) groups is 2. The van der Waals surface area contributed by atoms with Crippen molar-refractivity contribution in [3.8, 4) is 5.69 Å². The number of nitrogens with zero attached hydrogens (tertiary/aromatic N) is 4. The van der Waals surface area contributed by atoms with Gasteiger partial charge in [-0.2, -0.15) is 0 Å². The van der Waals surface area contributed by atoms with Gasteiger partial charge < -0.3 is 9.64 Å². The van der Waals surface area contributed by atoms with Gasteiger partial charge in [0.05, 0.1) is 23.5 Å². The Bertz CT molecular complexity index is 807. The van der Waals surface area contributed by atoms with Crippen LogP contribution in [0.25, 0.3) is 5.69 Å². The molecule has 1 saturated heterocycles. The van der Waals surface area contributed by atoms with Gasteiger partial charge in [-0.3, -0.25) is 9.36 Å². The minimum Gasteiger partial charge on any atom is -0.463 e. The van der Waals surface area contributed by atoms with E-state index in [-0.39, 0.29) is 5.91 Å². The van der Waals surface area contributed by atoms with Crippen LogP contribution in [0.2, 0.25) is 0 Å². The molecule has 1 amide bonds. The Morgan fingerprint density at radius 3 is 2.96 bits per heavy atom. The van der Waals surface area contributed by atoms with Crippen LogP contribution in [0.1, 0.15) is 6.92 Å². The maximum atomic E-state index is 12.1. The molecule has 1 aliphatic heterocycles. The predicted molar refractivity (Wildman–Crippen MR) is 101 cm³/mol. The van der Waals surface area contributed by atoms with Crippen LogP contribution >= 0.6 is 23.5 Å². The van der Waals surface area contributed by atoms with Crippen LogP contribution in [0.3, 0.4) is 0 Å². The molecule has 0 bridgehead atoms. The molecule has 1 aliphatic rings. The first-order valence-electron chi connectivity index (χ1n) is 8.09. The maximum Gasteiger partial charge on any atom is 0.333 e. The molecule has 0 radical (unpaired) electrons. The second kappa shape index (κ2) is 8.91. The molecule has 26 heavy (non-hydrogen) atoms. The smallest absolute Gasteiger partial charge is 0.333 e. The average molecular weight is 390 g/mol. The molecule has 9 heteroatoms. The SMILES string of the molecule is CCOC(=O)/C=C1/SCC(=O)N1CCSc1nncn1-c1ccccc1. The van der Waals surface area contributed by atoms with Crippen molar-refractivity contribution in [3.63, 3.8) is 0 Å². The molecule has 2 heterocycles. The van der Waals surface area contributed by atoms with Gasteiger partial charge in [-0.15, -0.1) is 10.2 Å². The lowest BCUT2D eigenvalue weighted by molar-refractivity contribution is -0.137. The Hall–Kier alpha value is -2.26. The second-order valence-electron chi connectivity index (χ2n) is 5.24. The van der Waals surface area contributed by atoms with E-state index >= 15 is 0 Å². The monoisotopic (exact) mass is 390 g/mol. The Morgan fingerprint density at radius 1 is 1.38 bits per heavy atom. The lowest BCUT2D eigenvalue weighted by atomic mass is 10.3. The van der Waals surface area contributed by atoms with Crippen LogP contribution < -0.4 is 0 Å². The molecule has 3 rings (SSSR count). The third-order valence-electron chi connectivity index (χ3n) is 3.54. The Labute approximate surface area is 159 Å². The molecule has 7 nitrogen and oxygen atoms in total. The van der Waals surface area contributed by atoms with Gasteiger partial charge in [-0.1, -0.05) is 41.7 Å². The van der Waals surface area contributed by atoms with Crippen molar-refractivity contribution < 1.29 is 14.3 Å². The first kappa shape index (κ1) is 18.5. The molecular weight excluding hydrogens is 372 g/mol. The lowest BCUT2D eigenvalue weighted by Crippen LogP contribution is -2.27. The summed E-state index contributed by atoms with van der Waals surface area (Å²) in [6.45, 7) is 2.55. The Kier molecular flexibility index (Phi) is 6.35. The van der Waals surface area contributed by atoms with Crippen molar-refractivity contribution in [2.75, 3.05) is 24.7 Å². The molecule has 0 atom stereocenters. The highest BCUT2D eigenvalue weighted by molar-refractivity contribution is 8.04. The summed E-state index contributed by atoms with van der Waals surface area (Å²) in [4.78, 5) is 25.3. The van der Waals surface area contributed by atoms with Gasteiger partial charge in [0.25, 0.3) is 0 Å². The highest BCUT2D eigenvalue weighted by Gasteiger charge is 2.27. The van der Waals surface area contributed by atoms with Gasteiger partial charge in [-0.25, -0.2) is 4.79 Å². The summed E-state index contributed by atoms with van der Waals surface area (Å²) in [6, 6.07) is 9.82. The number of ether oxygens (including phenoxy) is 1. The minimum absolute atomic E-state index is 0.00400. The molecule has 0 spiro atoms. The van der Waals surface area contributed by atoms with Crippen LogP contribution in [-0.2, 0) is 14.3 Å². The molecule has 136 valence electrons. The molecule has 1 aromatic carbocycles. The predicted octanol–water partition coefficient (Wildman–Crippen LogP) is 2.34. The van der Waals surface area contributed by atoms with E-state index in [4.69, 9.17) is 4.74 Å². The van der Waals surface area contributed by atoms with Gasteiger partial charge in [0.2, 0.25) is 5.91 Å². The molecule has 1 fully saturated rings. The number of hydrogen-bond acceptors (Lipinski definition) is 7. The van der Waals surface area contributed by atoms with Crippen molar-refractivity contribution in [3.05, 3.63) is 47.8 Å². The zero-order valence-electron chi connectivity index (χ0n) is 14.2. The van der Waals surface area contributed by atoms with Crippen molar-refractivity contribution in [2.24, 2.45) is 0 Å². The van der Waals surface area contributed by atoms with E-state index in [0.29, 0.717) is 29.7 Å². The van der Waals surface area contributed by atoms with E-state index in [1.807, 2.05) is 34.9 Å². The first-order valence-corrected chi connectivity index (χ1v) is 10.1. The van der Waals surface area contributed by atoms with Crippen molar-refractivity contribution >= 4 is 35.4 Å². The van der Waals surface area contributed by atoms with Crippen LogP contribution in [0, 0.1) is 0 Å². The van der Waals surface area contributed by atoms with Gasteiger partial charge in [0.1, 0.15) is 6.33 Å². The lowest BCUT2D eigenvalue weighted by Gasteiger charge is -2.16. The maximum absolute atomic E-state index is 12.1. The number of benzene rings is 1. The molecule has 0 aliphatic carbocycles. The average Bonchev–Trinajstić information content (AvgIpc) is 3.24. The van der Waals surface area contributed by atoms with Gasteiger partial charge in [-0.05, 0) is 19.1 Å². The third-order valence-corrected chi connectivity index (χ3v) is 5.48. The number of rotatable bonds is 7. The van der Waals surface area contributed by atoms with Crippen molar-refractivity contribution in [1.29, 1.82) is 0 Å². The number of thioether (sulfide) groups is 2. The van der Waals surface area contributed by atoms with Gasteiger partial charge >= 0.3 is 5.97 Å². The molecule has 0 N–H and O–H groups in total. The van der Waals surface area contributed by atoms with E-state index in [1.54, 1.807) is 18.2 Å². The normalized spacial score (nSPS) is 15.7. The fourth-order valence-corrected chi connectivity index (χ4v) is 4.18. The van der Waals surface area contributed by atoms with Crippen LogP contribution in [-0.4, -0.2) is 56.2 Å². The van der Waals surface area contributed by atoms with E-state index < -0.39 is 5.97 Å². The molecule has 1 aromatic heterocycles. The van der Waals surface area contributed by atoms with Crippen LogP contribution in [0.4, 0.5) is 0 Å². The highest BCUT2D eigenvalue weighted by atomic mass is 32.2. The quantitative estimate of drug-likeness (QED) is 0.408. The van der Waals surface area contributed by atoms with Crippen LogP contribution in [0.15, 0.2) is 52.9 Å². The number of esters is 1. The first-order chi connectivity index (χ1) is 12.7. The number of amides is 1. The summed E-state index contributed by atoms with van der Waals surface area (Å²) in [5.41, 5.74) is 0.982. The second-order valence-corrected chi connectivity index (χ2v) is 7.29. The van der Waals surface area contributed by atoms with E-state index in [9.17, 15) is 9.59 Å². The summed E-state index contributed by atoms with van der Waals surface area (Å²) in [5, 5.41) is 9.51. The highest BCUT2D eigenvalue weighted by Crippen LogP contribution is 2.29. The van der Waals surface area contributed by atoms with Gasteiger partial charge in [0.15, 0.2) is 5.16 Å². The standard InChI is InChI=1S/C17H18N4O3S2/c1-2-24-16(23)10-15-20(14(22)11-26-15)8-9-25-17-19-18-12-21(17)13-6-4-3-5-7-13/h3-7,10,12H,2,8-9,11H2,1H3/b15-10+. The summed E-state index contributed by atoms with van der Waals surface area (Å²) < 4.78 is 6.83. The summed E-state index contributed by atoms with van der Waals surface area (Å²) in [6.07, 6.45) is 3.05. The zero-order chi connectivity index (χ0) is 18.4. The molecule has 0 unspecified atom stereocenters. The van der Waals surface area contributed by atoms with Crippen molar-refractivity contribution in [1.82, 2.24) is 19.7 Å². The number of aromatic nitrogens is 3. The molecule has 2 aromatic rings. The van der Waals surface area contributed by atoms with E-state index in [2.05, 4.69) is 10.2 Å². The van der Waals surface area contributed by atoms with E-state index in [1.165, 1.54) is 29.6 Å². The number of hydrogen-bond donors (Lipinski definition) is 0. The fourth-order valence-electron chi connectivity index (χ4n) is 2.37. The van der Waals surface area contributed by atoms with Gasteiger partial charge in [0, 0.05) is 18.0 Å². The Morgan fingerprint density at radius 2 is 2.19 bits per heavy atom. The number of carbonyl (C=O) groups excluding carboxylic acids is 2. The van der Waals surface area contributed by atoms with Crippen molar-refractivity contribution in [2.45, 2.75) is 12.1 Å². The molecular formula is C17H18N4O3S2. The topological polar surface area (TPSA) is 77.3 Å². The fraction of sp³-hybridized carbons (Fsp3) is 0.294. The molecule has 0 saturated carbocycles. The number of para-hydroxylation sites is 1. The van der Waals surface area contributed by atoms with Crippen LogP contribution in [0.5, 0.6) is 0 Å². The largest absolute Gasteiger partial charge is 0.463 e. The van der Waals surface area contributed by atoms with E-state index in [0.717, 1.165) is 10.8 Å². The summed E-state index contributed by atoms with van der Waals surface area (Å²) in [5.74, 6) is 0.551. The Balaban J connectivity index is 1.62. The summed E-state index contributed by atoms with van der Waals surface area (Å²) in [7, 11) is 0. The summed E-state index contributed by atoms with van der Waals surface area (Å²) >= 11 is 2.87. The zero-order valence-corrected chi connectivity index (χ0v) is 15.8.